The van der Waals surface area contributed by atoms with Gasteiger partial charge in [0.2, 0.25) is 0 Å². The lowest BCUT2D eigenvalue weighted by atomic mass is 10.2. The van der Waals surface area contributed by atoms with Crippen molar-refractivity contribution in [1.29, 1.82) is 0 Å². The molecule has 0 unspecified atom stereocenters. The fourth-order valence-electron chi connectivity index (χ4n) is 4.34. The van der Waals surface area contributed by atoms with Gasteiger partial charge in [0.15, 0.2) is 8.32 Å². The Labute approximate surface area is 187 Å². The third-order valence-corrected chi connectivity index (χ3v) is 17.0. The Morgan fingerprint density at radius 1 is 0.968 bits per heavy atom. The van der Waals surface area contributed by atoms with Crippen molar-refractivity contribution in [1.82, 2.24) is 0 Å². The van der Waals surface area contributed by atoms with Gasteiger partial charge in [0, 0.05) is 10.1 Å². The minimum absolute atomic E-state index is 0.135. The van der Waals surface area contributed by atoms with Crippen LogP contribution in [-0.4, -0.2) is 56.2 Å². The minimum Gasteiger partial charge on any atom is -0.409 e. The van der Waals surface area contributed by atoms with Crippen LogP contribution in [0.5, 0.6) is 0 Å². The van der Waals surface area contributed by atoms with Crippen LogP contribution in [0.1, 0.15) is 62.3 Å². The summed E-state index contributed by atoms with van der Waals surface area (Å²) in [6, 6.07) is 2.48. The topological polar surface area (TPSA) is 71.1 Å². The zero-order valence-electron chi connectivity index (χ0n) is 20.2. The summed E-state index contributed by atoms with van der Waals surface area (Å²) in [5.74, 6) is 0. The van der Waals surface area contributed by atoms with Gasteiger partial charge in [-0.1, -0.05) is 62.3 Å². The molecule has 0 radical (unpaired) electrons. The molecule has 1 aliphatic rings. The number of hydrogen-bond donors (Lipinski definition) is 0. The van der Waals surface area contributed by atoms with Crippen molar-refractivity contribution in [2.24, 2.45) is 0 Å². The fourth-order valence-corrected chi connectivity index (χ4v) is 12.6. The minimum atomic E-state index is -5.74. The molecular weight excluding hydrogens is 469 g/mol. The maximum absolute atomic E-state index is 12.9. The van der Waals surface area contributed by atoms with Gasteiger partial charge in [-0.25, -0.2) is 0 Å². The quantitative estimate of drug-likeness (QED) is 0.238. The smallest absolute Gasteiger partial charge is 0.409 e. The first-order valence-corrected chi connectivity index (χ1v) is 16.5. The molecule has 186 valence electrons. The molecule has 0 amide bonds. The molecule has 0 aliphatic carbocycles. The molecule has 1 heterocycles. The monoisotopic (exact) mass is 508 g/mol. The standard InChI is InChI=1S/C19H39F3O6SSi2/c1-10-30(11-2,12-3)27-16-14-26-31(17(4,5)6,18(7,8)9)28-15(16)13-25-29(23,24)19(20,21)22/h15-16H,10-14H2,1-9H3/t15-,16+/m0/s1. The highest BCUT2D eigenvalue weighted by Crippen LogP contribution is 2.54. The first-order valence-electron chi connectivity index (χ1n) is 10.8. The molecule has 0 N–H and O–H groups in total. The SMILES string of the molecule is CC[Si](CC)(CC)O[C@@H]1CO[Si](C(C)(C)C)(C(C)(C)C)O[C@H]1COS(=O)(=O)C(F)(F)F. The number of hydrogen-bond acceptors (Lipinski definition) is 6. The molecule has 2 atom stereocenters. The predicted octanol–water partition coefficient (Wildman–Crippen LogP) is 5.70. The number of alkyl halides is 3. The van der Waals surface area contributed by atoms with Crippen LogP contribution in [0.3, 0.4) is 0 Å². The van der Waals surface area contributed by atoms with Crippen molar-refractivity contribution in [3.63, 3.8) is 0 Å². The second kappa shape index (κ2) is 9.71. The van der Waals surface area contributed by atoms with Crippen LogP contribution in [-0.2, 0) is 27.6 Å². The van der Waals surface area contributed by atoms with E-state index < -0.39 is 61.4 Å². The molecule has 0 aromatic carbocycles. The van der Waals surface area contributed by atoms with E-state index in [4.69, 9.17) is 13.3 Å². The second-order valence-corrected chi connectivity index (χ2v) is 21.3. The molecule has 12 heteroatoms. The first kappa shape index (κ1) is 29.0. The van der Waals surface area contributed by atoms with E-state index in [1.54, 1.807) is 0 Å². The summed E-state index contributed by atoms with van der Waals surface area (Å²) in [4.78, 5) is 0. The van der Waals surface area contributed by atoms with E-state index in [2.05, 4.69) is 4.18 Å². The molecule has 1 fully saturated rings. The first-order chi connectivity index (χ1) is 13.8. The lowest BCUT2D eigenvalue weighted by molar-refractivity contribution is -0.0885. The Bertz CT molecular complexity index is 675. The van der Waals surface area contributed by atoms with Crippen molar-refractivity contribution in [2.45, 2.75) is 108 Å². The normalized spacial score (nSPS) is 23.7. The summed E-state index contributed by atoms with van der Waals surface area (Å²) < 4.78 is 85.4. The van der Waals surface area contributed by atoms with E-state index in [1.807, 2.05) is 62.3 Å². The van der Waals surface area contributed by atoms with Gasteiger partial charge < -0.3 is 13.3 Å². The summed E-state index contributed by atoms with van der Waals surface area (Å²) >= 11 is 0. The molecule has 0 aromatic rings. The molecule has 1 aliphatic heterocycles. The van der Waals surface area contributed by atoms with Gasteiger partial charge in [-0.15, -0.1) is 0 Å². The van der Waals surface area contributed by atoms with Gasteiger partial charge in [-0.05, 0) is 18.1 Å². The van der Waals surface area contributed by atoms with Crippen LogP contribution >= 0.6 is 0 Å². The van der Waals surface area contributed by atoms with Gasteiger partial charge >= 0.3 is 24.2 Å². The van der Waals surface area contributed by atoms with E-state index in [0.29, 0.717) is 0 Å². The highest BCUT2D eigenvalue weighted by atomic mass is 32.2. The number of rotatable bonds is 8. The summed E-state index contributed by atoms with van der Waals surface area (Å²) in [6.07, 6.45) is -1.67. The van der Waals surface area contributed by atoms with Crippen LogP contribution in [0.4, 0.5) is 13.2 Å². The zero-order valence-corrected chi connectivity index (χ0v) is 23.0. The lowest BCUT2D eigenvalue weighted by Gasteiger charge is -2.55. The Morgan fingerprint density at radius 3 is 1.77 bits per heavy atom. The van der Waals surface area contributed by atoms with Crippen LogP contribution in [0, 0.1) is 0 Å². The molecule has 6 nitrogen and oxygen atoms in total. The van der Waals surface area contributed by atoms with Gasteiger partial charge in [-0.3, -0.25) is 4.18 Å². The molecule has 0 spiro atoms. The highest BCUT2D eigenvalue weighted by molar-refractivity contribution is 7.87. The molecule has 0 bridgehead atoms. The average molecular weight is 509 g/mol. The maximum Gasteiger partial charge on any atom is 0.523 e. The van der Waals surface area contributed by atoms with Crippen molar-refractivity contribution in [3.05, 3.63) is 0 Å². The third-order valence-electron chi connectivity index (χ3n) is 6.16. The van der Waals surface area contributed by atoms with E-state index in [-0.39, 0.29) is 6.61 Å². The van der Waals surface area contributed by atoms with Gasteiger partial charge in [0.05, 0.1) is 25.4 Å². The van der Waals surface area contributed by atoms with Crippen LogP contribution in [0.2, 0.25) is 28.2 Å². The fraction of sp³-hybridized carbons (Fsp3) is 1.00. The molecule has 0 saturated carbocycles. The van der Waals surface area contributed by atoms with E-state index in [1.165, 1.54) is 0 Å². The van der Waals surface area contributed by atoms with Gasteiger partial charge in [0.25, 0.3) is 0 Å². The molecular formula is C19H39F3O6SSi2. The Kier molecular flexibility index (Phi) is 9.10. The third kappa shape index (κ3) is 6.12. The maximum atomic E-state index is 12.9. The van der Waals surface area contributed by atoms with E-state index in [0.717, 1.165) is 18.1 Å². The van der Waals surface area contributed by atoms with Crippen LogP contribution in [0.25, 0.3) is 0 Å². The summed E-state index contributed by atoms with van der Waals surface area (Å²) in [7, 11) is -11.0. The molecule has 1 saturated heterocycles. The molecule has 31 heavy (non-hydrogen) atoms. The number of halogens is 3. The predicted molar refractivity (Wildman–Crippen MR) is 119 cm³/mol. The average Bonchev–Trinajstić information content (AvgIpc) is 2.62. The van der Waals surface area contributed by atoms with Gasteiger partial charge in [0.1, 0.15) is 0 Å². The Morgan fingerprint density at radius 2 is 1.42 bits per heavy atom. The Balaban J connectivity index is 3.35. The second-order valence-electron chi connectivity index (χ2n) is 10.2. The highest BCUT2D eigenvalue weighted by Gasteiger charge is 2.62. The van der Waals surface area contributed by atoms with E-state index in [9.17, 15) is 21.6 Å². The van der Waals surface area contributed by atoms with Crippen LogP contribution < -0.4 is 0 Å². The molecule has 0 aromatic heterocycles. The van der Waals surface area contributed by atoms with Crippen molar-refractivity contribution < 1.29 is 39.1 Å². The van der Waals surface area contributed by atoms with Gasteiger partial charge in [-0.2, -0.15) is 21.6 Å². The van der Waals surface area contributed by atoms with Crippen molar-refractivity contribution >= 4 is 27.0 Å². The van der Waals surface area contributed by atoms with Crippen LogP contribution in [0.15, 0.2) is 0 Å². The zero-order chi connectivity index (χ0) is 24.5. The van der Waals surface area contributed by atoms with Crippen molar-refractivity contribution in [2.75, 3.05) is 13.2 Å². The lowest BCUT2D eigenvalue weighted by Crippen LogP contribution is -2.67. The molecule has 1 rings (SSSR count). The Hall–Kier alpha value is 0.0138. The van der Waals surface area contributed by atoms with E-state index >= 15 is 0 Å². The summed E-state index contributed by atoms with van der Waals surface area (Å²) in [6.45, 7) is 17.3. The van der Waals surface area contributed by atoms with Crippen molar-refractivity contribution in [3.8, 4) is 0 Å². The largest absolute Gasteiger partial charge is 0.523 e. The summed E-state index contributed by atoms with van der Waals surface area (Å²) in [5, 5.41) is -0.849. The summed E-state index contributed by atoms with van der Waals surface area (Å²) in [5.41, 5.74) is -5.49.